The number of nitrogens with one attached hydrogen (secondary N) is 1. The van der Waals surface area contributed by atoms with E-state index in [0.717, 1.165) is 0 Å². The third-order valence-electron chi connectivity index (χ3n) is 2.74. The highest BCUT2D eigenvalue weighted by Crippen LogP contribution is 2.25. The third kappa shape index (κ3) is 3.78. The van der Waals surface area contributed by atoms with E-state index in [0.29, 0.717) is 23.7 Å². The van der Waals surface area contributed by atoms with Crippen molar-refractivity contribution in [1.82, 2.24) is 4.98 Å². The van der Waals surface area contributed by atoms with Crippen LogP contribution in [0.3, 0.4) is 0 Å². The van der Waals surface area contributed by atoms with Crippen LogP contribution in [0.1, 0.15) is 27.2 Å². The largest absolute Gasteiger partial charge is 0.396 e. The topological polar surface area (TPSA) is 97.2 Å². The maximum absolute atomic E-state index is 9.07. The van der Waals surface area contributed by atoms with Crippen LogP contribution >= 0.6 is 0 Å². The number of nitrogen functional groups attached to an aromatic ring is 2. The molecule has 1 aromatic heterocycles. The zero-order valence-electron chi connectivity index (χ0n) is 10.7. The normalized spacial score (nSPS) is 13.4. The van der Waals surface area contributed by atoms with Gasteiger partial charge in [-0.15, -0.1) is 0 Å². The van der Waals surface area contributed by atoms with Crippen LogP contribution in [0.25, 0.3) is 0 Å². The molecule has 0 aromatic carbocycles. The molecule has 6 N–H and O–H groups in total. The molecule has 0 aliphatic rings. The Hall–Kier alpha value is -1.49. The van der Waals surface area contributed by atoms with E-state index < -0.39 is 0 Å². The number of aliphatic hydroxyl groups excluding tert-OH is 1. The Labute approximate surface area is 102 Å². The van der Waals surface area contributed by atoms with Crippen LogP contribution in [0.15, 0.2) is 12.1 Å². The summed E-state index contributed by atoms with van der Waals surface area (Å²) in [7, 11) is 0. The third-order valence-corrected chi connectivity index (χ3v) is 2.74. The van der Waals surface area contributed by atoms with E-state index in [1.54, 1.807) is 12.1 Å². The number of aromatic nitrogens is 1. The number of nitrogens with zero attached hydrogens (tertiary/aromatic N) is 1. The van der Waals surface area contributed by atoms with E-state index in [1.165, 1.54) is 0 Å². The van der Waals surface area contributed by atoms with Gasteiger partial charge in [-0.3, -0.25) is 0 Å². The van der Waals surface area contributed by atoms with E-state index >= 15 is 0 Å². The second-order valence-corrected chi connectivity index (χ2v) is 5.25. The van der Waals surface area contributed by atoms with Gasteiger partial charge in [0.2, 0.25) is 0 Å². The first-order valence-electron chi connectivity index (χ1n) is 5.74. The van der Waals surface area contributed by atoms with E-state index in [9.17, 15) is 0 Å². The smallest absolute Gasteiger partial charge is 0.149 e. The molecule has 0 amide bonds. The summed E-state index contributed by atoms with van der Waals surface area (Å²) >= 11 is 0. The van der Waals surface area contributed by atoms with Crippen LogP contribution in [0.5, 0.6) is 0 Å². The number of hydrogen-bond donors (Lipinski definition) is 4. The Bertz CT molecular complexity index is 373. The highest BCUT2D eigenvalue weighted by molar-refractivity contribution is 5.61. The van der Waals surface area contributed by atoms with E-state index in [-0.39, 0.29) is 18.1 Å². The van der Waals surface area contributed by atoms with Crippen LogP contribution in [0.2, 0.25) is 0 Å². The lowest BCUT2D eigenvalue weighted by Crippen LogP contribution is -2.35. The molecule has 5 heteroatoms. The first-order valence-corrected chi connectivity index (χ1v) is 5.74. The van der Waals surface area contributed by atoms with Crippen molar-refractivity contribution in [3.63, 3.8) is 0 Å². The zero-order chi connectivity index (χ0) is 13.1. The van der Waals surface area contributed by atoms with Gasteiger partial charge < -0.3 is 21.9 Å². The van der Waals surface area contributed by atoms with Crippen LogP contribution < -0.4 is 16.8 Å². The van der Waals surface area contributed by atoms with Gasteiger partial charge in [0, 0.05) is 12.6 Å². The predicted octanol–water partition coefficient (Wildman–Crippen LogP) is 1.45. The number of aliphatic hydroxyl groups is 1. The van der Waals surface area contributed by atoms with Gasteiger partial charge in [0.05, 0.1) is 5.69 Å². The molecule has 96 valence electrons. The maximum Gasteiger partial charge on any atom is 0.149 e. The Morgan fingerprint density at radius 2 is 2.00 bits per heavy atom. The molecule has 1 aromatic rings. The summed E-state index contributed by atoms with van der Waals surface area (Å²) in [5, 5.41) is 12.4. The molecule has 5 nitrogen and oxygen atoms in total. The lowest BCUT2D eigenvalue weighted by molar-refractivity contribution is 0.235. The second-order valence-electron chi connectivity index (χ2n) is 5.25. The van der Waals surface area contributed by atoms with Gasteiger partial charge >= 0.3 is 0 Å². The molecule has 0 aliphatic heterocycles. The van der Waals surface area contributed by atoms with Gasteiger partial charge in [-0.2, -0.15) is 0 Å². The van der Waals surface area contributed by atoms with Gasteiger partial charge in [0.15, 0.2) is 0 Å². The first kappa shape index (κ1) is 13.6. The van der Waals surface area contributed by atoms with E-state index in [2.05, 4.69) is 31.1 Å². The average Bonchev–Trinajstić information content (AvgIpc) is 2.21. The minimum Gasteiger partial charge on any atom is -0.396 e. The highest BCUT2D eigenvalue weighted by Gasteiger charge is 2.24. The quantitative estimate of drug-likeness (QED) is 0.636. The number of pyridine rings is 1. The Morgan fingerprint density at radius 1 is 1.35 bits per heavy atom. The molecular formula is C12H22N4O. The first-order chi connectivity index (χ1) is 7.84. The second kappa shape index (κ2) is 5.23. The van der Waals surface area contributed by atoms with Crippen molar-refractivity contribution in [3.05, 3.63) is 12.1 Å². The monoisotopic (exact) mass is 238 g/mol. The molecule has 17 heavy (non-hydrogen) atoms. The predicted molar refractivity (Wildman–Crippen MR) is 71.6 cm³/mol. The van der Waals surface area contributed by atoms with Gasteiger partial charge in [-0.1, -0.05) is 20.8 Å². The van der Waals surface area contributed by atoms with Crippen LogP contribution in [0.4, 0.5) is 17.3 Å². The number of nitrogens with two attached hydrogens (primary N) is 2. The molecule has 1 unspecified atom stereocenters. The van der Waals surface area contributed by atoms with E-state index in [1.807, 2.05) is 0 Å². The fraction of sp³-hybridized carbons (Fsp3) is 0.583. The van der Waals surface area contributed by atoms with Crippen molar-refractivity contribution in [1.29, 1.82) is 0 Å². The van der Waals surface area contributed by atoms with Crippen LogP contribution in [-0.4, -0.2) is 22.7 Å². The lowest BCUT2D eigenvalue weighted by atomic mass is 9.85. The summed E-state index contributed by atoms with van der Waals surface area (Å²) in [6.45, 7) is 6.47. The van der Waals surface area contributed by atoms with Crippen molar-refractivity contribution in [2.24, 2.45) is 5.41 Å². The molecule has 0 bridgehead atoms. The van der Waals surface area contributed by atoms with Gasteiger partial charge in [0.25, 0.3) is 0 Å². The molecule has 0 saturated heterocycles. The van der Waals surface area contributed by atoms with Gasteiger partial charge in [-0.05, 0) is 24.0 Å². The standard InChI is InChI=1S/C12H22N4O/c1-12(2,3)9(6-7-17)15-10-5-4-8(13)11(14)16-10/h4-5,9,17H,6-7,13H2,1-3H3,(H3,14,15,16). The Morgan fingerprint density at radius 3 is 2.47 bits per heavy atom. The molecule has 0 radical (unpaired) electrons. The molecule has 1 atom stereocenters. The zero-order valence-corrected chi connectivity index (χ0v) is 10.7. The molecule has 1 heterocycles. The van der Waals surface area contributed by atoms with Gasteiger partial charge in [0.1, 0.15) is 11.6 Å². The van der Waals surface area contributed by atoms with Crippen molar-refractivity contribution in [3.8, 4) is 0 Å². The lowest BCUT2D eigenvalue weighted by Gasteiger charge is -2.31. The van der Waals surface area contributed by atoms with Crippen molar-refractivity contribution in [2.75, 3.05) is 23.4 Å². The summed E-state index contributed by atoms with van der Waals surface area (Å²) < 4.78 is 0. The van der Waals surface area contributed by atoms with Crippen molar-refractivity contribution < 1.29 is 5.11 Å². The van der Waals surface area contributed by atoms with Crippen molar-refractivity contribution in [2.45, 2.75) is 33.2 Å². The SMILES string of the molecule is CC(C)(C)C(CCO)Nc1ccc(N)c(N)n1. The summed E-state index contributed by atoms with van der Waals surface area (Å²) in [5.74, 6) is 1.01. The highest BCUT2D eigenvalue weighted by atomic mass is 16.3. The van der Waals surface area contributed by atoms with Gasteiger partial charge in [-0.25, -0.2) is 4.98 Å². The Balaban J connectivity index is 2.82. The number of hydrogen-bond acceptors (Lipinski definition) is 5. The average molecular weight is 238 g/mol. The van der Waals surface area contributed by atoms with Crippen LogP contribution in [-0.2, 0) is 0 Å². The molecular weight excluding hydrogens is 216 g/mol. The molecule has 1 rings (SSSR count). The summed E-state index contributed by atoms with van der Waals surface area (Å²) in [5.41, 5.74) is 11.8. The summed E-state index contributed by atoms with van der Waals surface area (Å²) in [6.07, 6.45) is 0.662. The summed E-state index contributed by atoms with van der Waals surface area (Å²) in [6, 6.07) is 3.65. The van der Waals surface area contributed by atoms with E-state index in [4.69, 9.17) is 16.6 Å². The minimum atomic E-state index is 0.0283. The van der Waals surface area contributed by atoms with Crippen molar-refractivity contribution >= 4 is 17.3 Å². The molecule has 0 fully saturated rings. The number of rotatable bonds is 4. The summed E-state index contributed by atoms with van der Waals surface area (Å²) in [4.78, 5) is 4.17. The molecule has 0 aliphatic carbocycles. The fourth-order valence-electron chi connectivity index (χ4n) is 1.60. The Kier molecular flexibility index (Phi) is 4.17. The fourth-order valence-corrected chi connectivity index (χ4v) is 1.60. The number of anilines is 3. The molecule has 0 spiro atoms. The minimum absolute atomic E-state index is 0.0283. The molecule has 0 saturated carbocycles. The maximum atomic E-state index is 9.07. The van der Waals surface area contributed by atoms with Crippen LogP contribution in [0, 0.1) is 5.41 Å².